The van der Waals surface area contributed by atoms with Crippen molar-refractivity contribution < 1.29 is 9.59 Å². The molecule has 2 aromatic rings. The largest absolute Gasteiger partial charge is 0.298 e. The average Bonchev–Trinajstić information content (AvgIpc) is 2.83. The van der Waals surface area contributed by atoms with Crippen LogP contribution in [0.2, 0.25) is 5.02 Å². The SMILES string of the molecule is CCc1ccc(C2C(=O)CC(c3ccc(C)cc3)C2=O)c(Cl)c1. The van der Waals surface area contributed by atoms with Gasteiger partial charge in [-0.1, -0.05) is 60.5 Å². The van der Waals surface area contributed by atoms with Gasteiger partial charge in [0.1, 0.15) is 11.7 Å². The van der Waals surface area contributed by atoms with E-state index in [9.17, 15) is 9.59 Å². The van der Waals surface area contributed by atoms with Crippen LogP contribution in [0.4, 0.5) is 0 Å². The van der Waals surface area contributed by atoms with Gasteiger partial charge in [0.05, 0.1) is 5.92 Å². The van der Waals surface area contributed by atoms with Gasteiger partial charge >= 0.3 is 0 Å². The van der Waals surface area contributed by atoms with Crippen LogP contribution in [0.25, 0.3) is 0 Å². The Morgan fingerprint density at radius 2 is 1.78 bits per heavy atom. The monoisotopic (exact) mass is 326 g/mol. The van der Waals surface area contributed by atoms with E-state index in [0.29, 0.717) is 10.6 Å². The van der Waals surface area contributed by atoms with Crippen LogP contribution in [0.3, 0.4) is 0 Å². The lowest BCUT2D eigenvalue weighted by molar-refractivity contribution is -0.124. The van der Waals surface area contributed by atoms with Crippen molar-refractivity contribution in [2.75, 3.05) is 0 Å². The maximum absolute atomic E-state index is 12.8. The van der Waals surface area contributed by atoms with Gasteiger partial charge in [-0.05, 0) is 36.1 Å². The van der Waals surface area contributed by atoms with Crippen molar-refractivity contribution in [3.63, 3.8) is 0 Å². The van der Waals surface area contributed by atoms with Crippen molar-refractivity contribution >= 4 is 23.2 Å². The molecule has 2 unspecified atom stereocenters. The van der Waals surface area contributed by atoms with Gasteiger partial charge in [0.2, 0.25) is 0 Å². The molecule has 1 fully saturated rings. The van der Waals surface area contributed by atoms with E-state index in [2.05, 4.69) is 0 Å². The fourth-order valence-corrected chi connectivity index (χ4v) is 3.52. The first-order valence-corrected chi connectivity index (χ1v) is 8.30. The minimum absolute atomic E-state index is 0.0354. The molecule has 23 heavy (non-hydrogen) atoms. The quantitative estimate of drug-likeness (QED) is 0.771. The van der Waals surface area contributed by atoms with E-state index in [4.69, 9.17) is 11.6 Å². The fraction of sp³-hybridized carbons (Fsp3) is 0.300. The number of rotatable bonds is 3. The lowest BCUT2D eigenvalue weighted by atomic mass is 9.90. The topological polar surface area (TPSA) is 34.1 Å². The van der Waals surface area contributed by atoms with Crippen LogP contribution in [0.1, 0.15) is 47.4 Å². The smallest absolute Gasteiger partial charge is 0.155 e. The summed E-state index contributed by atoms with van der Waals surface area (Å²) in [4.78, 5) is 25.3. The van der Waals surface area contributed by atoms with Gasteiger partial charge < -0.3 is 0 Å². The summed E-state index contributed by atoms with van der Waals surface area (Å²) in [6.45, 7) is 4.05. The Bertz CT molecular complexity index is 762. The molecule has 0 heterocycles. The second kappa shape index (κ2) is 6.29. The van der Waals surface area contributed by atoms with Crippen LogP contribution in [0.5, 0.6) is 0 Å². The first kappa shape index (κ1) is 15.9. The Hall–Kier alpha value is -1.93. The van der Waals surface area contributed by atoms with Crippen molar-refractivity contribution in [2.24, 2.45) is 0 Å². The summed E-state index contributed by atoms with van der Waals surface area (Å²) in [5.74, 6) is -1.15. The van der Waals surface area contributed by atoms with E-state index in [0.717, 1.165) is 23.1 Å². The number of carbonyl (C=O) groups is 2. The summed E-state index contributed by atoms with van der Waals surface area (Å²) in [6, 6.07) is 13.5. The van der Waals surface area contributed by atoms with E-state index in [1.54, 1.807) is 0 Å². The fourth-order valence-electron chi connectivity index (χ4n) is 3.21. The highest BCUT2D eigenvalue weighted by molar-refractivity contribution is 6.32. The van der Waals surface area contributed by atoms with E-state index in [-0.39, 0.29) is 23.9 Å². The lowest BCUT2D eigenvalue weighted by Gasteiger charge is -2.13. The number of aryl methyl sites for hydroxylation is 2. The molecule has 0 saturated heterocycles. The van der Waals surface area contributed by atoms with Crippen LogP contribution < -0.4 is 0 Å². The third-order valence-electron chi connectivity index (χ3n) is 4.62. The van der Waals surface area contributed by atoms with Crippen LogP contribution in [0, 0.1) is 6.92 Å². The van der Waals surface area contributed by atoms with Gasteiger partial charge in [-0.2, -0.15) is 0 Å². The molecule has 2 nitrogen and oxygen atoms in total. The molecular formula is C20H19ClO2. The highest BCUT2D eigenvalue weighted by Crippen LogP contribution is 2.40. The Morgan fingerprint density at radius 1 is 1.09 bits per heavy atom. The normalized spacial score (nSPS) is 21.0. The number of hydrogen-bond acceptors (Lipinski definition) is 2. The van der Waals surface area contributed by atoms with E-state index < -0.39 is 5.92 Å². The molecule has 118 valence electrons. The Morgan fingerprint density at radius 3 is 2.39 bits per heavy atom. The predicted octanol–water partition coefficient (Wildman–Crippen LogP) is 4.62. The molecule has 0 N–H and O–H groups in total. The molecule has 1 aliphatic carbocycles. The summed E-state index contributed by atoms with van der Waals surface area (Å²) < 4.78 is 0. The van der Waals surface area contributed by atoms with Crippen molar-refractivity contribution in [2.45, 2.75) is 38.5 Å². The summed E-state index contributed by atoms with van der Waals surface area (Å²) in [5, 5.41) is 0.514. The Kier molecular flexibility index (Phi) is 4.36. The molecule has 3 heteroatoms. The highest BCUT2D eigenvalue weighted by Gasteiger charge is 2.43. The van der Waals surface area contributed by atoms with Crippen LogP contribution in [-0.4, -0.2) is 11.6 Å². The number of ketones is 2. The standard InChI is InChI=1S/C20H19ClO2/c1-3-13-6-9-15(17(21)10-13)19-18(22)11-16(20(19)23)14-7-4-12(2)5-8-14/h4-10,16,19H,3,11H2,1-2H3. The molecule has 1 saturated carbocycles. The van der Waals surface area contributed by atoms with Gasteiger partial charge in [-0.3, -0.25) is 9.59 Å². The summed E-state index contributed by atoms with van der Waals surface area (Å²) >= 11 is 6.33. The van der Waals surface area contributed by atoms with Gasteiger partial charge in [-0.25, -0.2) is 0 Å². The highest BCUT2D eigenvalue weighted by atomic mass is 35.5. The molecule has 0 spiro atoms. The molecule has 0 bridgehead atoms. The lowest BCUT2D eigenvalue weighted by Crippen LogP contribution is -2.15. The third kappa shape index (κ3) is 2.96. The zero-order valence-corrected chi connectivity index (χ0v) is 14.1. The van der Waals surface area contributed by atoms with Crippen LogP contribution in [0.15, 0.2) is 42.5 Å². The maximum atomic E-state index is 12.8. The average molecular weight is 327 g/mol. The second-order valence-corrected chi connectivity index (χ2v) is 6.59. The molecule has 2 aromatic carbocycles. The first-order valence-electron chi connectivity index (χ1n) is 7.92. The predicted molar refractivity (Wildman–Crippen MR) is 92.1 cm³/mol. The van der Waals surface area contributed by atoms with Crippen molar-refractivity contribution in [3.05, 3.63) is 69.7 Å². The number of benzene rings is 2. The van der Waals surface area contributed by atoms with E-state index in [1.165, 1.54) is 0 Å². The number of halogens is 1. The zero-order chi connectivity index (χ0) is 16.6. The number of Topliss-reactive ketones (excluding diaryl/α,β-unsaturated/α-hetero) is 2. The second-order valence-electron chi connectivity index (χ2n) is 6.18. The van der Waals surface area contributed by atoms with Gasteiger partial charge in [0.25, 0.3) is 0 Å². The molecule has 3 rings (SSSR count). The molecule has 1 aliphatic rings. The minimum Gasteiger partial charge on any atom is -0.298 e. The Balaban J connectivity index is 1.94. The molecule has 0 amide bonds. The van der Waals surface area contributed by atoms with E-state index in [1.807, 2.05) is 56.3 Å². The summed E-state index contributed by atoms with van der Waals surface area (Å²) in [7, 11) is 0. The van der Waals surface area contributed by atoms with Gasteiger partial charge in [0, 0.05) is 11.4 Å². The van der Waals surface area contributed by atoms with Crippen molar-refractivity contribution in [3.8, 4) is 0 Å². The number of carbonyl (C=O) groups excluding carboxylic acids is 2. The number of hydrogen-bond donors (Lipinski definition) is 0. The summed E-state index contributed by atoms with van der Waals surface area (Å²) in [6.07, 6.45) is 1.14. The van der Waals surface area contributed by atoms with Crippen molar-refractivity contribution in [1.82, 2.24) is 0 Å². The van der Waals surface area contributed by atoms with Gasteiger partial charge in [-0.15, -0.1) is 0 Å². The van der Waals surface area contributed by atoms with E-state index >= 15 is 0 Å². The summed E-state index contributed by atoms with van der Waals surface area (Å²) in [5.41, 5.74) is 3.80. The first-order chi connectivity index (χ1) is 11.0. The maximum Gasteiger partial charge on any atom is 0.155 e. The molecule has 0 aliphatic heterocycles. The third-order valence-corrected chi connectivity index (χ3v) is 4.95. The molecule has 0 aromatic heterocycles. The molecular weight excluding hydrogens is 308 g/mol. The minimum atomic E-state index is -0.722. The molecule has 0 radical (unpaired) electrons. The van der Waals surface area contributed by atoms with Crippen molar-refractivity contribution in [1.29, 1.82) is 0 Å². The zero-order valence-electron chi connectivity index (χ0n) is 13.3. The van der Waals surface area contributed by atoms with Crippen LogP contribution in [-0.2, 0) is 16.0 Å². The van der Waals surface area contributed by atoms with Crippen LogP contribution >= 0.6 is 11.6 Å². The Labute approximate surface area is 141 Å². The van der Waals surface area contributed by atoms with Gasteiger partial charge in [0.15, 0.2) is 5.78 Å². The molecule has 2 atom stereocenters.